The molecule has 1 heterocycles. The van der Waals surface area contributed by atoms with Crippen LogP contribution >= 0.6 is 11.6 Å². The lowest BCUT2D eigenvalue weighted by atomic mass is 10.2. The molecule has 0 amide bonds. The molecule has 1 fully saturated rings. The summed E-state index contributed by atoms with van der Waals surface area (Å²) in [6.07, 6.45) is 4.96. The van der Waals surface area contributed by atoms with Gasteiger partial charge >= 0.3 is 0 Å². The van der Waals surface area contributed by atoms with E-state index in [0.717, 1.165) is 17.7 Å². The molecule has 0 aliphatic heterocycles. The predicted octanol–water partition coefficient (Wildman–Crippen LogP) is 2.00. The van der Waals surface area contributed by atoms with Gasteiger partial charge < -0.3 is 5.73 Å². The molecule has 1 aromatic heterocycles. The van der Waals surface area contributed by atoms with Crippen molar-refractivity contribution in [3.8, 4) is 11.8 Å². The number of aromatic nitrogens is 1. The maximum Gasteiger partial charge on any atom is 0.0634 e. The molecular formula is C12H13ClN2. The van der Waals surface area contributed by atoms with Crippen LogP contribution in [0.5, 0.6) is 0 Å². The van der Waals surface area contributed by atoms with Gasteiger partial charge in [0.2, 0.25) is 0 Å². The van der Waals surface area contributed by atoms with Gasteiger partial charge in [-0.25, -0.2) is 0 Å². The van der Waals surface area contributed by atoms with Crippen molar-refractivity contribution >= 4 is 11.6 Å². The van der Waals surface area contributed by atoms with Crippen molar-refractivity contribution in [1.82, 2.24) is 4.98 Å². The summed E-state index contributed by atoms with van der Waals surface area (Å²) in [7, 11) is 0. The molecule has 78 valence electrons. The van der Waals surface area contributed by atoms with Gasteiger partial charge in [0.1, 0.15) is 0 Å². The third-order valence-electron chi connectivity index (χ3n) is 2.30. The van der Waals surface area contributed by atoms with Crippen molar-refractivity contribution in [3.05, 3.63) is 28.5 Å². The second-order valence-corrected chi connectivity index (χ2v) is 4.14. The molecule has 2 nitrogen and oxygen atoms in total. The Morgan fingerprint density at radius 1 is 1.53 bits per heavy atom. The fourth-order valence-electron chi connectivity index (χ4n) is 1.27. The van der Waals surface area contributed by atoms with Crippen LogP contribution in [0.25, 0.3) is 0 Å². The van der Waals surface area contributed by atoms with Crippen LogP contribution in [0, 0.1) is 17.8 Å². The molecule has 1 aromatic rings. The van der Waals surface area contributed by atoms with Gasteiger partial charge in [-0.05, 0) is 25.5 Å². The number of hydrogen-bond donors (Lipinski definition) is 1. The summed E-state index contributed by atoms with van der Waals surface area (Å²) in [5.41, 5.74) is 7.20. The Balaban J connectivity index is 2.14. The molecule has 0 saturated heterocycles. The zero-order valence-electron chi connectivity index (χ0n) is 8.46. The van der Waals surface area contributed by atoms with Gasteiger partial charge in [0.25, 0.3) is 0 Å². The van der Waals surface area contributed by atoms with Gasteiger partial charge in [-0.3, -0.25) is 4.98 Å². The number of nitrogens with zero attached hydrogens (tertiary/aromatic N) is 1. The van der Waals surface area contributed by atoms with Gasteiger partial charge in [0, 0.05) is 24.1 Å². The monoisotopic (exact) mass is 220 g/mol. The highest BCUT2D eigenvalue weighted by atomic mass is 35.5. The average Bonchev–Trinajstić information content (AvgIpc) is 3.03. The zero-order chi connectivity index (χ0) is 10.7. The molecule has 0 bridgehead atoms. The summed E-state index contributed by atoms with van der Waals surface area (Å²) in [4.78, 5) is 4.25. The van der Waals surface area contributed by atoms with Crippen molar-refractivity contribution in [2.45, 2.75) is 19.3 Å². The van der Waals surface area contributed by atoms with Gasteiger partial charge in [-0.15, -0.1) is 0 Å². The first-order valence-electron chi connectivity index (χ1n) is 5.15. The zero-order valence-corrected chi connectivity index (χ0v) is 9.22. The summed E-state index contributed by atoms with van der Waals surface area (Å²) >= 11 is 6.05. The minimum Gasteiger partial charge on any atom is -0.330 e. The average molecular weight is 221 g/mol. The van der Waals surface area contributed by atoms with E-state index in [1.165, 1.54) is 12.8 Å². The second-order valence-electron chi connectivity index (χ2n) is 3.73. The summed E-state index contributed by atoms with van der Waals surface area (Å²) in [5, 5.41) is 0.669. The van der Waals surface area contributed by atoms with E-state index in [-0.39, 0.29) is 0 Å². The molecule has 0 spiro atoms. The molecule has 0 radical (unpaired) electrons. The number of rotatable bonds is 2. The van der Waals surface area contributed by atoms with E-state index in [1.54, 1.807) is 6.20 Å². The summed E-state index contributed by atoms with van der Waals surface area (Å²) in [6.45, 7) is 0.569. The smallest absolute Gasteiger partial charge is 0.0634 e. The van der Waals surface area contributed by atoms with E-state index in [4.69, 9.17) is 17.3 Å². The molecule has 0 unspecified atom stereocenters. The van der Waals surface area contributed by atoms with Gasteiger partial charge in [0.15, 0.2) is 0 Å². The van der Waals surface area contributed by atoms with E-state index in [9.17, 15) is 0 Å². The molecular weight excluding hydrogens is 208 g/mol. The lowest BCUT2D eigenvalue weighted by molar-refractivity contribution is 0.922. The molecule has 3 heteroatoms. The van der Waals surface area contributed by atoms with Crippen LogP contribution in [0.1, 0.15) is 24.1 Å². The third-order valence-corrected chi connectivity index (χ3v) is 2.62. The SMILES string of the molecule is NCCc1ncc(C#CC2CC2)cc1Cl. The topological polar surface area (TPSA) is 38.9 Å². The highest BCUT2D eigenvalue weighted by Gasteiger charge is 2.17. The second kappa shape index (κ2) is 4.65. The minimum atomic E-state index is 0.569. The van der Waals surface area contributed by atoms with Gasteiger partial charge in [-0.2, -0.15) is 0 Å². The lowest BCUT2D eigenvalue weighted by Gasteiger charge is -2.00. The van der Waals surface area contributed by atoms with Crippen LogP contribution in [-0.2, 0) is 6.42 Å². The van der Waals surface area contributed by atoms with Crippen molar-refractivity contribution in [1.29, 1.82) is 0 Å². The largest absolute Gasteiger partial charge is 0.330 e. The standard InChI is InChI=1S/C12H13ClN2/c13-11-7-10(4-3-9-1-2-9)8-15-12(11)5-6-14/h7-9H,1-2,5-6,14H2. The van der Waals surface area contributed by atoms with E-state index in [2.05, 4.69) is 16.8 Å². The summed E-state index contributed by atoms with van der Waals surface area (Å²) in [5.74, 6) is 6.87. The Labute approximate surface area is 94.8 Å². The maximum atomic E-state index is 6.05. The molecule has 0 atom stereocenters. The fourth-order valence-corrected chi connectivity index (χ4v) is 1.53. The molecule has 15 heavy (non-hydrogen) atoms. The molecule has 1 saturated carbocycles. The Kier molecular flexibility index (Phi) is 3.25. The maximum absolute atomic E-state index is 6.05. The highest BCUT2D eigenvalue weighted by Crippen LogP contribution is 2.27. The Hall–Kier alpha value is -1.04. The van der Waals surface area contributed by atoms with Crippen molar-refractivity contribution in [2.24, 2.45) is 11.7 Å². The van der Waals surface area contributed by atoms with Crippen LogP contribution in [0.4, 0.5) is 0 Å². The van der Waals surface area contributed by atoms with E-state index in [1.807, 2.05) is 6.07 Å². The molecule has 1 aliphatic rings. The molecule has 2 rings (SSSR count). The predicted molar refractivity (Wildman–Crippen MR) is 61.6 cm³/mol. The molecule has 0 aromatic carbocycles. The Morgan fingerprint density at radius 2 is 2.33 bits per heavy atom. The van der Waals surface area contributed by atoms with Gasteiger partial charge in [-0.1, -0.05) is 23.4 Å². The van der Waals surface area contributed by atoms with Crippen LogP contribution < -0.4 is 5.73 Å². The number of halogens is 1. The van der Waals surface area contributed by atoms with Crippen molar-refractivity contribution in [3.63, 3.8) is 0 Å². The van der Waals surface area contributed by atoms with E-state index < -0.39 is 0 Å². The molecule has 1 aliphatic carbocycles. The lowest BCUT2D eigenvalue weighted by Crippen LogP contribution is -2.05. The van der Waals surface area contributed by atoms with E-state index in [0.29, 0.717) is 17.5 Å². The fraction of sp³-hybridized carbons (Fsp3) is 0.417. The van der Waals surface area contributed by atoms with Gasteiger partial charge in [0.05, 0.1) is 10.7 Å². The molecule has 2 N–H and O–H groups in total. The first-order chi connectivity index (χ1) is 7.29. The first-order valence-corrected chi connectivity index (χ1v) is 5.53. The van der Waals surface area contributed by atoms with Crippen LogP contribution in [0.3, 0.4) is 0 Å². The first kappa shape index (κ1) is 10.5. The number of nitrogens with two attached hydrogens (primary N) is 1. The summed E-state index contributed by atoms with van der Waals surface area (Å²) < 4.78 is 0. The highest BCUT2D eigenvalue weighted by molar-refractivity contribution is 6.31. The van der Waals surface area contributed by atoms with Crippen LogP contribution in [-0.4, -0.2) is 11.5 Å². The minimum absolute atomic E-state index is 0.569. The van der Waals surface area contributed by atoms with Crippen molar-refractivity contribution in [2.75, 3.05) is 6.54 Å². The quantitative estimate of drug-likeness (QED) is 0.775. The normalized spacial score (nSPS) is 14.5. The number of hydrogen-bond acceptors (Lipinski definition) is 2. The summed E-state index contributed by atoms with van der Waals surface area (Å²) in [6, 6.07) is 1.87. The Bertz CT molecular complexity index is 413. The van der Waals surface area contributed by atoms with Crippen LogP contribution in [0.2, 0.25) is 5.02 Å². The number of pyridine rings is 1. The van der Waals surface area contributed by atoms with Crippen LogP contribution in [0.15, 0.2) is 12.3 Å². The third kappa shape index (κ3) is 2.95. The van der Waals surface area contributed by atoms with E-state index >= 15 is 0 Å². The Morgan fingerprint density at radius 3 is 2.93 bits per heavy atom. The van der Waals surface area contributed by atoms with Crippen molar-refractivity contribution < 1.29 is 0 Å².